The average Bonchev–Trinajstić information content (AvgIpc) is 2.19. The summed E-state index contributed by atoms with van der Waals surface area (Å²) in [6, 6.07) is 0. The first-order valence-electron chi connectivity index (χ1n) is 4.29. The van der Waals surface area contributed by atoms with Gasteiger partial charge in [-0.2, -0.15) is 0 Å². The van der Waals surface area contributed by atoms with Crippen LogP contribution in [0.4, 0.5) is 0 Å². The monoisotopic (exact) mass is 403 g/mol. The molecule has 0 aromatic carbocycles. The maximum absolute atomic E-state index is 6.20. The molecule has 0 N–H and O–H groups in total. The van der Waals surface area contributed by atoms with Crippen LogP contribution in [0, 0.1) is 0 Å². The van der Waals surface area contributed by atoms with Crippen molar-refractivity contribution < 1.29 is 1.37 Å². The van der Waals surface area contributed by atoms with Crippen molar-refractivity contribution in [1.82, 2.24) is 0 Å². The summed E-state index contributed by atoms with van der Waals surface area (Å²) >= 11 is 13.5. The van der Waals surface area contributed by atoms with Crippen molar-refractivity contribution in [1.29, 1.82) is 0 Å². The van der Waals surface area contributed by atoms with Crippen LogP contribution in [0.3, 0.4) is 0 Å². The predicted octanol–water partition coefficient (Wildman–Crippen LogP) is 2.93. The van der Waals surface area contributed by atoms with Crippen LogP contribution in [-0.4, -0.2) is 42.9 Å². The van der Waals surface area contributed by atoms with Gasteiger partial charge in [0.2, 0.25) is 0 Å². The van der Waals surface area contributed by atoms with Crippen molar-refractivity contribution in [2.45, 2.75) is 9.63 Å². The van der Waals surface area contributed by atoms with Crippen LogP contribution in [0.2, 0.25) is 9.63 Å². The van der Waals surface area contributed by atoms with Gasteiger partial charge >= 0.3 is 84.6 Å². The summed E-state index contributed by atoms with van der Waals surface area (Å²) in [6.45, 7) is 0. The van der Waals surface area contributed by atoms with Gasteiger partial charge in [0.05, 0.1) is 0 Å². The van der Waals surface area contributed by atoms with Gasteiger partial charge in [0.1, 0.15) is 0 Å². The fourth-order valence-corrected chi connectivity index (χ4v) is 7.13. The Morgan fingerprint density at radius 1 is 1.50 bits per heavy atom. The van der Waals surface area contributed by atoms with Gasteiger partial charge in [0.15, 0.2) is 0 Å². The first-order chi connectivity index (χ1) is 6.28. The fraction of sp³-hybridized carbons (Fsp3) is 1.00. The Hall–Kier alpha value is 2.30. The molecule has 0 radical (unpaired) electrons. The van der Waals surface area contributed by atoms with Crippen LogP contribution in [0.25, 0.3) is 0 Å². The van der Waals surface area contributed by atoms with Crippen LogP contribution < -0.4 is 0 Å². The van der Waals surface area contributed by atoms with Crippen LogP contribution in [-0.2, 0) is 0 Å². The Balaban J connectivity index is 0.000000424. The molecule has 0 amide bonds. The summed E-state index contributed by atoms with van der Waals surface area (Å²) in [4.78, 5) is 2.29. The van der Waals surface area contributed by atoms with Crippen LogP contribution in [0.5, 0.6) is 0 Å². The zero-order valence-corrected chi connectivity index (χ0v) is 13.3. The van der Waals surface area contributed by atoms with E-state index in [0.717, 1.165) is 36.1 Å². The molecule has 0 aromatic heterocycles. The van der Waals surface area contributed by atoms with Crippen LogP contribution >= 0.6 is 59.6 Å². The molecule has 1 aliphatic rings. The quantitative estimate of drug-likeness (QED) is 0.310. The number of hydrogen-bond donors (Lipinski definition) is 2. The minimum atomic E-state index is 0.470. The normalized spacial score (nSPS) is 30.1. The molecular formula is C7H15IS3Se. The SMILES string of the molecule is SCC1CSCC(CS)[Se]1.[2H]CI. The second kappa shape index (κ2) is 9.84. The number of halogens is 1. The first kappa shape index (κ1) is 12.4. The van der Waals surface area contributed by atoms with E-state index in [1.165, 1.54) is 11.5 Å². The summed E-state index contributed by atoms with van der Waals surface area (Å²) in [6.07, 6.45) is 0. The molecule has 0 aliphatic carbocycles. The van der Waals surface area contributed by atoms with Gasteiger partial charge in [-0.3, -0.25) is 0 Å². The van der Waals surface area contributed by atoms with Crippen molar-refractivity contribution in [3.05, 3.63) is 0 Å². The van der Waals surface area contributed by atoms with E-state index in [4.69, 9.17) is 1.37 Å². The van der Waals surface area contributed by atoms with E-state index in [9.17, 15) is 0 Å². The molecule has 0 saturated carbocycles. The molecule has 0 bridgehead atoms. The molecule has 12 heavy (non-hydrogen) atoms. The van der Waals surface area contributed by atoms with Gasteiger partial charge in [-0.15, -0.1) is 0 Å². The number of thiol groups is 2. The van der Waals surface area contributed by atoms with E-state index < -0.39 is 0 Å². The van der Waals surface area contributed by atoms with Gasteiger partial charge in [0.25, 0.3) is 0 Å². The van der Waals surface area contributed by atoms with E-state index in [1.54, 1.807) is 0 Å². The molecule has 1 fully saturated rings. The smallest absolute Gasteiger partial charge is 0.0341 e. The zero-order chi connectivity index (χ0) is 10.1. The summed E-state index contributed by atoms with van der Waals surface area (Å²) in [5.41, 5.74) is 0. The molecule has 1 saturated heterocycles. The Bertz CT molecular complexity index is 110. The summed E-state index contributed by atoms with van der Waals surface area (Å²) < 4.78 is 6.20. The molecule has 5 heteroatoms. The summed E-state index contributed by atoms with van der Waals surface area (Å²) in [5, 5.41) is 0. The van der Waals surface area contributed by atoms with E-state index in [0.29, 0.717) is 4.91 Å². The van der Waals surface area contributed by atoms with Crippen molar-refractivity contribution in [2.24, 2.45) is 0 Å². The third kappa shape index (κ3) is 5.91. The minimum absolute atomic E-state index is 0.470. The molecule has 2 unspecified atom stereocenters. The van der Waals surface area contributed by atoms with Gasteiger partial charge in [0, 0.05) is 1.37 Å². The van der Waals surface area contributed by atoms with Gasteiger partial charge in [-0.25, -0.2) is 0 Å². The Labute approximate surface area is 112 Å². The number of thioether (sulfide) groups is 1. The predicted molar refractivity (Wildman–Crippen MR) is 78.2 cm³/mol. The zero-order valence-electron chi connectivity index (χ0n) is 7.78. The standard InChI is InChI=1S/C6H12S3Se.CH3I/c7-1-5-3-9-4-6(2-8)10-5;1-2/h5-8H,1-4H2;1H3/i;1D. The van der Waals surface area contributed by atoms with Crippen molar-refractivity contribution >= 4 is 74.6 Å². The number of alkyl halides is 1. The first-order valence-corrected chi connectivity index (χ1v) is 9.50. The average molecular weight is 402 g/mol. The molecule has 1 aliphatic heterocycles. The molecular weight excluding hydrogens is 386 g/mol. The molecule has 0 aromatic rings. The molecule has 1 rings (SSSR count). The topological polar surface area (TPSA) is 0 Å². The van der Waals surface area contributed by atoms with Crippen LogP contribution in [0.15, 0.2) is 0 Å². The van der Waals surface area contributed by atoms with E-state index in [1.807, 2.05) is 22.6 Å². The summed E-state index contributed by atoms with van der Waals surface area (Å²) in [5.74, 6) is 4.84. The molecule has 1 heterocycles. The second-order valence-electron chi connectivity index (χ2n) is 2.28. The van der Waals surface area contributed by atoms with Gasteiger partial charge in [-0.05, 0) is 4.91 Å². The molecule has 0 spiro atoms. The van der Waals surface area contributed by atoms with Crippen LogP contribution in [0.1, 0.15) is 1.37 Å². The molecule has 2 atom stereocenters. The maximum Gasteiger partial charge on any atom is 0.0341 e. The third-order valence-corrected chi connectivity index (χ3v) is 8.63. The Morgan fingerprint density at radius 2 is 1.92 bits per heavy atom. The van der Waals surface area contributed by atoms with Crippen molar-refractivity contribution in [3.63, 3.8) is 0 Å². The van der Waals surface area contributed by atoms with Gasteiger partial charge in [-0.1, -0.05) is 22.6 Å². The second-order valence-corrected chi connectivity index (χ2v) is 7.46. The molecule has 74 valence electrons. The van der Waals surface area contributed by atoms with E-state index >= 15 is 0 Å². The Morgan fingerprint density at radius 3 is 2.25 bits per heavy atom. The minimum Gasteiger partial charge on any atom is -0.0901 e. The third-order valence-electron chi connectivity index (χ3n) is 1.40. The van der Waals surface area contributed by atoms with Crippen molar-refractivity contribution in [2.75, 3.05) is 27.9 Å². The number of rotatable bonds is 2. The fourth-order valence-electron chi connectivity index (χ4n) is 0.873. The van der Waals surface area contributed by atoms with E-state index in [2.05, 4.69) is 37.0 Å². The molecule has 0 nitrogen and oxygen atoms in total. The largest absolute Gasteiger partial charge is 0.0901 e. The summed E-state index contributed by atoms with van der Waals surface area (Å²) in [7, 11) is 0. The maximum atomic E-state index is 6.20. The van der Waals surface area contributed by atoms with Crippen molar-refractivity contribution in [3.8, 4) is 0 Å². The van der Waals surface area contributed by atoms with E-state index in [-0.39, 0.29) is 0 Å². The Kier molecular flexibility index (Phi) is 10.1. The van der Waals surface area contributed by atoms with Gasteiger partial charge < -0.3 is 0 Å². The number of hydrogen-bond acceptors (Lipinski definition) is 3.